The van der Waals surface area contributed by atoms with Crippen LogP contribution < -0.4 is 10.7 Å². The number of nitrogens with zero attached hydrogens (tertiary/aromatic N) is 1. The van der Waals surface area contributed by atoms with Gasteiger partial charge >= 0.3 is 5.97 Å². The zero-order chi connectivity index (χ0) is 25.0. The predicted octanol–water partition coefficient (Wildman–Crippen LogP) is 3.73. The third-order valence-corrected chi connectivity index (χ3v) is 6.01. The molecule has 3 rings (SSSR count). The number of carbonyl (C=O) groups excluding carboxylic acids is 4. The highest BCUT2D eigenvalue weighted by Gasteiger charge is 2.36. The average molecular weight is 530 g/mol. The maximum atomic E-state index is 12.5. The van der Waals surface area contributed by atoms with Gasteiger partial charge in [0.2, 0.25) is 5.91 Å². The summed E-state index contributed by atoms with van der Waals surface area (Å²) in [6.07, 6.45) is -0.102. The Morgan fingerprint density at radius 2 is 1.79 bits per heavy atom. The zero-order valence-electron chi connectivity index (χ0n) is 19.6. The Kier molecular flexibility index (Phi) is 7.76. The maximum Gasteiger partial charge on any atom is 0.311 e. The maximum absolute atomic E-state index is 12.5. The molecule has 0 radical (unpaired) electrons. The van der Waals surface area contributed by atoms with E-state index in [2.05, 4.69) is 47.4 Å². The van der Waals surface area contributed by atoms with Gasteiger partial charge in [0.1, 0.15) is 0 Å². The van der Waals surface area contributed by atoms with Gasteiger partial charge in [-0.1, -0.05) is 48.8 Å². The Morgan fingerprint density at radius 1 is 1.12 bits per heavy atom. The van der Waals surface area contributed by atoms with E-state index in [1.807, 2.05) is 25.1 Å². The van der Waals surface area contributed by atoms with Crippen molar-refractivity contribution in [3.8, 4) is 0 Å². The summed E-state index contributed by atoms with van der Waals surface area (Å²) in [5.74, 6) is -2.74. The molecule has 0 unspecified atom stereocenters. The highest BCUT2D eigenvalue weighted by molar-refractivity contribution is 9.10. The van der Waals surface area contributed by atoms with Gasteiger partial charge in [-0.25, -0.2) is 0 Å². The summed E-state index contributed by atoms with van der Waals surface area (Å²) in [5.41, 5.74) is 5.48. The number of rotatable bonds is 6. The van der Waals surface area contributed by atoms with E-state index >= 15 is 0 Å². The Hall–Kier alpha value is -3.20. The number of hydrazine groups is 1. The van der Waals surface area contributed by atoms with Crippen molar-refractivity contribution in [3.63, 3.8) is 0 Å². The van der Waals surface area contributed by atoms with Gasteiger partial charge in [0.05, 0.1) is 12.5 Å². The van der Waals surface area contributed by atoms with E-state index in [1.54, 1.807) is 24.3 Å². The van der Waals surface area contributed by atoms with E-state index in [4.69, 9.17) is 4.74 Å². The lowest BCUT2D eigenvalue weighted by Crippen LogP contribution is -2.43. The van der Waals surface area contributed by atoms with Crippen LogP contribution in [0.5, 0.6) is 0 Å². The molecule has 0 spiro atoms. The van der Waals surface area contributed by atoms with Crippen LogP contribution in [-0.4, -0.2) is 41.9 Å². The smallest absolute Gasteiger partial charge is 0.311 e. The topological polar surface area (TPSA) is 105 Å². The molecule has 1 aliphatic heterocycles. The molecule has 0 saturated carbocycles. The SMILES string of the molecule is Cc1cc(Br)ccc1NC(=O)COC(=O)[C@@H]1CC(=O)N(NC(=O)c2ccc(C(C)(C)C)cc2)C1. The normalized spacial score (nSPS) is 15.7. The Labute approximate surface area is 207 Å². The number of halogens is 1. The summed E-state index contributed by atoms with van der Waals surface area (Å²) in [4.78, 5) is 49.4. The molecule has 9 heteroatoms. The second-order valence-corrected chi connectivity index (χ2v) is 10.2. The van der Waals surface area contributed by atoms with Gasteiger partial charge in [-0.3, -0.25) is 29.6 Å². The summed E-state index contributed by atoms with van der Waals surface area (Å²) in [5, 5.41) is 3.81. The zero-order valence-corrected chi connectivity index (χ0v) is 21.2. The number of hydrogen-bond donors (Lipinski definition) is 2. The molecule has 1 fully saturated rings. The number of benzene rings is 2. The Bertz CT molecular complexity index is 1110. The fourth-order valence-electron chi connectivity index (χ4n) is 3.49. The van der Waals surface area contributed by atoms with Crippen molar-refractivity contribution in [1.82, 2.24) is 10.4 Å². The minimum Gasteiger partial charge on any atom is -0.455 e. The summed E-state index contributed by atoms with van der Waals surface area (Å²) in [6, 6.07) is 12.5. The van der Waals surface area contributed by atoms with Crippen LogP contribution >= 0.6 is 15.9 Å². The molecule has 1 aliphatic rings. The monoisotopic (exact) mass is 529 g/mol. The van der Waals surface area contributed by atoms with Crippen LogP contribution in [0.3, 0.4) is 0 Å². The van der Waals surface area contributed by atoms with Gasteiger partial charge in [-0.05, 0) is 53.8 Å². The molecule has 34 heavy (non-hydrogen) atoms. The second kappa shape index (κ2) is 10.4. The third-order valence-electron chi connectivity index (χ3n) is 5.52. The summed E-state index contributed by atoms with van der Waals surface area (Å²) < 4.78 is 5.99. The number of nitrogens with one attached hydrogen (secondary N) is 2. The molecule has 1 atom stereocenters. The molecule has 8 nitrogen and oxygen atoms in total. The van der Waals surface area contributed by atoms with Crippen LogP contribution in [-0.2, 0) is 24.5 Å². The van der Waals surface area contributed by atoms with Crippen LogP contribution in [0.1, 0.15) is 48.7 Å². The van der Waals surface area contributed by atoms with Crippen molar-refractivity contribution in [2.75, 3.05) is 18.5 Å². The number of aryl methyl sites for hydroxylation is 1. The van der Waals surface area contributed by atoms with Gasteiger partial charge < -0.3 is 10.1 Å². The molecule has 2 aromatic rings. The fourth-order valence-corrected chi connectivity index (χ4v) is 3.97. The fraction of sp³-hybridized carbons (Fsp3) is 0.360. The van der Waals surface area contributed by atoms with Crippen molar-refractivity contribution in [3.05, 3.63) is 63.6 Å². The van der Waals surface area contributed by atoms with Crippen LogP contribution in [0, 0.1) is 12.8 Å². The molecule has 2 N–H and O–H groups in total. The third kappa shape index (κ3) is 6.44. The lowest BCUT2D eigenvalue weighted by molar-refractivity contribution is -0.151. The summed E-state index contributed by atoms with van der Waals surface area (Å²) in [7, 11) is 0. The summed E-state index contributed by atoms with van der Waals surface area (Å²) >= 11 is 3.36. The highest BCUT2D eigenvalue weighted by Crippen LogP contribution is 2.23. The number of amides is 3. The molecular weight excluding hydrogens is 502 g/mol. The van der Waals surface area contributed by atoms with E-state index in [9.17, 15) is 19.2 Å². The average Bonchev–Trinajstić information content (AvgIpc) is 3.13. The predicted molar refractivity (Wildman–Crippen MR) is 131 cm³/mol. The molecule has 0 aromatic heterocycles. The van der Waals surface area contributed by atoms with E-state index in [-0.39, 0.29) is 18.4 Å². The van der Waals surface area contributed by atoms with Crippen molar-refractivity contribution < 1.29 is 23.9 Å². The first-order valence-electron chi connectivity index (χ1n) is 10.9. The molecule has 0 bridgehead atoms. The van der Waals surface area contributed by atoms with E-state index in [0.717, 1.165) is 20.6 Å². The molecule has 180 valence electrons. The minimum absolute atomic E-state index is 0.0169. The standard InChI is InChI=1S/C25H28BrN3O5/c1-15-11-19(26)9-10-20(15)27-21(30)14-34-24(33)17-12-22(31)29(13-17)28-23(32)16-5-7-18(8-6-16)25(2,3)4/h5-11,17H,12-14H2,1-4H3,(H,27,30)(H,28,32)/t17-/m1/s1. The molecular formula is C25H28BrN3O5. The first kappa shape index (κ1) is 25.4. The van der Waals surface area contributed by atoms with Gasteiger partial charge in [0, 0.05) is 22.1 Å². The molecule has 1 heterocycles. The van der Waals surface area contributed by atoms with Crippen LogP contribution in [0.25, 0.3) is 0 Å². The molecule has 1 saturated heterocycles. The number of anilines is 1. The number of ether oxygens (including phenoxy) is 1. The van der Waals surface area contributed by atoms with E-state index in [1.165, 1.54) is 0 Å². The lowest BCUT2D eigenvalue weighted by atomic mass is 9.87. The number of hydrogen-bond acceptors (Lipinski definition) is 5. The van der Waals surface area contributed by atoms with Gasteiger partial charge in [0.15, 0.2) is 6.61 Å². The Balaban J connectivity index is 1.50. The van der Waals surface area contributed by atoms with Crippen molar-refractivity contribution >= 4 is 45.3 Å². The first-order chi connectivity index (χ1) is 15.9. The highest BCUT2D eigenvalue weighted by atomic mass is 79.9. The summed E-state index contributed by atoms with van der Waals surface area (Å²) in [6.45, 7) is 7.60. The minimum atomic E-state index is -0.765. The van der Waals surface area contributed by atoms with Crippen molar-refractivity contribution in [2.45, 2.75) is 39.5 Å². The van der Waals surface area contributed by atoms with E-state index < -0.39 is 36.2 Å². The van der Waals surface area contributed by atoms with Crippen LogP contribution in [0.15, 0.2) is 46.9 Å². The van der Waals surface area contributed by atoms with E-state index in [0.29, 0.717) is 11.3 Å². The van der Waals surface area contributed by atoms with Crippen molar-refractivity contribution in [2.24, 2.45) is 5.92 Å². The van der Waals surface area contributed by atoms with Gasteiger partial charge in [-0.2, -0.15) is 0 Å². The van der Waals surface area contributed by atoms with Crippen LogP contribution in [0.2, 0.25) is 0 Å². The quantitative estimate of drug-likeness (QED) is 0.554. The molecule has 0 aliphatic carbocycles. The first-order valence-corrected chi connectivity index (χ1v) is 11.7. The van der Waals surface area contributed by atoms with Gasteiger partial charge in [0.25, 0.3) is 11.8 Å². The second-order valence-electron chi connectivity index (χ2n) is 9.29. The number of esters is 1. The lowest BCUT2D eigenvalue weighted by Gasteiger charge is -2.20. The Morgan fingerprint density at radius 3 is 2.41 bits per heavy atom. The largest absolute Gasteiger partial charge is 0.455 e. The molecule has 3 amide bonds. The number of carbonyl (C=O) groups is 4. The van der Waals surface area contributed by atoms with Gasteiger partial charge in [-0.15, -0.1) is 0 Å². The molecule has 2 aromatic carbocycles. The van der Waals surface area contributed by atoms with Crippen molar-refractivity contribution in [1.29, 1.82) is 0 Å². The van der Waals surface area contributed by atoms with Crippen LogP contribution in [0.4, 0.5) is 5.69 Å².